The third kappa shape index (κ3) is 6.92. The number of hydrogen-bond donors (Lipinski definition) is 3. The van der Waals surface area contributed by atoms with Gasteiger partial charge in [-0.3, -0.25) is 25.0 Å². The summed E-state index contributed by atoms with van der Waals surface area (Å²) in [6.45, 7) is 6.43. The fraction of sp³-hybridized carbons (Fsp3) is 0.442. The second kappa shape index (κ2) is 14.7. The van der Waals surface area contributed by atoms with Crippen molar-refractivity contribution in [3.8, 4) is 22.8 Å². The highest BCUT2D eigenvalue weighted by Gasteiger charge is 2.48. The number of nitrogens with one attached hydrogen (secondary N) is 3. The smallest absolute Gasteiger partial charge is 0.413 e. The zero-order valence-electron chi connectivity index (χ0n) is 32.7. The second-order valence-corrected chi connectivity index (χ2v) is 16.8. The van der Waals surface area contributed by atoms with Crippen LogP contribution in [0.3, 0.4) is 0 Å². The maximum atomic E-state index is 15.4. The summed E-state index contributed by atoms with van der Waals surface area (Å²) in [6.07, 6.45) is 6.80. The Balaban J connectivity index is 0.682. The van der Waals surface area contributed by atoms with E-state index in [1.165, 1.54) is 25.6 Å². The van der Waals surface area contributed by atoms with Gasteiger partial charge in [0.25, 0.3) is 5.91 Å². The number of aromatic nitrogens is 2. The largest absolute Gasteiger partial charge is 0.494 e. The van der Waals surface area contributed by atoms with E-state index in [2.05, 4.69) is 41.8 Å². The third-order valence-corrected chi connectivity index (χ3v) is 13.0. The van der Waals surface area contributed by atoms with Crippen LogP contribution in [0.15, 0.2) is 48.8 Å². The van der Waals surface area contributed by atoms with Crippen molar-refractivity contribution < 1.29 is 37.8 Å². The summed E-state index contributed by atoms with van der Waals surface area (Å²) in [7, 11) is 1.52. The lowest BCUT2D eigenvalue weighted by atomic mass is 9.61. The van der Waals surface area contributed by atoms with Crippen molar-refractivity contribution in [2.45, 2.75) is 57.2 Å². The molecule has 6 aliphatic rings. The van der Waals surface area contributed by atoms with Crippen molar-refractivity contribution in [3.63, 3.8) is 0 Å². The maximum absolute atomic E-state index is 15.4. The highest BCUT2D eigenvalue weighted by Crippen LogP contribution is 2.51. The van der Waals surface area contributed by atoms with E-state index in [1.807, 2.05) is 12.1 Å². The van der Waals surface area contributed by atoms with Gasteiger partial charge in [0, 0.05) is 85.2 Å². The average molecular weight is 805 g/mol. The molecule has 306 valence electrons. The number of hydrogen-bond acceptors (Lipinski definition) is 12. The van der Waals surface area contributed by atoms with Gasteiger partial charge in [-0.05, 0) is 98.0 Å². The molecule has 1 spiro atoms. The standard InChI is InChI=1S/C43H45FN8O7/c1-57-38-32(19-47-40-37(38)45-8-11-58-40)31-13-25-15-35(46-18-26(25)14-33(31)44)48-42(56)59-29-16-43(17-29)6-9-50(10-7-43)20-24-21-51(22-24)28-2-3-30-27(12-28)23-52(41(30)55)34-4-5-36(53)49-39(34)54/h2-3,12-15,18-19,24,29,34,45H,4-11,16-17,20-23H2,1H3,(H,46,48,56)(H,49,53,54). The molecule has 2 aromatic carbocycles. The van der Waals surface area contributed by atoms with Crippen LogP contribution in [-0.4, -0.2) is 109 Å². The molecule has 1 aliphatic carbocycles. The molecule has 16 heteroatoms. The van der Waals surface area contributed by atoms with Gasteiger partial charge >= 0.3 is 6.09 Å². The predicted octanol–water partition coefficient (Wildman–Crippen LogP) is 4.94. The molecule has 4 fully saturated rings. The Hall–Kier alpha value is -6.03. The molecule has 15 nitrogen and oxygen atoms in total. The van der Waals surface area contributed by atoms with E-state index in [9.17, 15) is 19.2 Å². The van der Waals surface area contributed by atoms with E-state index in [-0.39, 0.29) is 29.8 Å². The molecule has 2 aromatic heterocycles. The number of benzene rings is 2. The Labute approximate surface area is 339 Å². The zero-order chi connectivity index (χ0) is 40.4. The molecule has 1 unspecified atom stereocenters. The van der Waals surface area contributed by atoms with E-state index in [4.69, 9.17) is 14.2 Å². The molecular weight excluding hydrogens is 760 g/mol. The molecule has 1 atom stereocenters. The second-order valence-electron chi connectivity index (χ2n) is 16.8. The molecule has 4 aromatic rings. The number of piperidine rings is 2. The number of likely N-dealkylation sites (tertiary alicyclic amines) is 1. The first-order chi connectivity index (χ1) is 28.6. The summed E-state index contributed by atoms with van der Waals surface area (Å²) in [5.41, 5.74) is 4.21. The van der Waals surface area contributed by atoms with Gasteiger partial charge in [0.05, 0.1) is 7.11 Å². The van der Waals surface area contributed by atoms with E-state index in [0.29, 0.717) is 82.6 Å². The Bertz CT molecular complexity index is 2390. The molecule has 59 heavy (non-hydrogen) atoms. The topological polar surface area (TPSA) is 168 Å². The van der Waals surface area contributed by atoms with Crippen molar-refractivity contribution in [1.82, 2.24) is 25.1 Å². The third-order valence-electron chi connectivity index (χ3n) is 13.0. The van der Waals surface area contributed by atoms with Crippen molar-refractivity contribution in [1.29, 1.82) is 0 Å². The van der Waals surface area contributed by atoms with Crippen LogP contribution in [-0.2, 0) is 20.9 Å². The quantitative estimate of drug-likeness (QED) is 0.206. The van der Waals surface area contributed by atoms with Crippen LogP contribution in [0.25, 0.3) is 21.9 Å². The molecule has 3 saturated heterocycles. The fourth-order valence-corrected chi connectivity index (χ4v) is 9.82. The van der Waals surface area contributed by atoms with Gasteiger partial charge in [-0.1, -0.05) is 0 Å². The number of rotatable bonds is 8. The summed E-state index contributed by atoms with van der Waals surface area (Å²) < 4.78 is 32.5. The van der Waals surface area contributed by atoms with Crippen LogP contribution in [0, 0.1) is 17.2 Å². The number of ether oxygens (including phenoxy) is 3. The molecule has 3 N–H and O–H groups in total. The lowest BCUT2D eigenvalue weighted by Gasteiger charge is -2.52. The van der Waals surface area contributed by atoms with E-state index >= 15 is 4.39 Å². The lowest BCUT2D eigenvalue weighted by molar-refractivity contribution is -0.136. The molecule has 10 rings (SSSR count). The Morgan fingerprint density at radius 1 is 1.02 bits per heavy atom. The van der Waals surface area contributed by atoms with Crippen LogP contribution in [0.1, 0.15) is 54.4 Å². The number of methoxy groups -OCH3 is 1. The Morgan fingerprint density at radius 2 is 1.85 bits per heavy atom. The van der Waals surface area contributed by atoms with Crippen molar-refractivity contribution >= 4 is 51.8 Å². The van der Waals surface area contributed by atoms with Crippen molar-refractivity contribution in [2.24, 2.45) is 11.3 Å². The minimum Gasteiger partial charge on any atom is -0.494 e. The highest BCUT2D eigenvalue weighted by molar-refractivity contribution is 6.05. The first-order valence-electron chi connectivity index (χ1n) is 20.4. The Morgan fingerprint density at radius 3 is 2.64 bits per heavy atom. The van der Waals surface area contributed by atoms with Gasteiger partial charge < -0.3 is 34.2 Å². The average Bonchev–Trinajstić information content (AvgIpc) is 3.53. The first-order valence-corrected chi connectivity index (χ1v) is 20.4. The van der Waals surface area contributed by atoms with Crippen molar-refractivity contribution in [3.05, 3.63) is 65.7 Å². The van der Waals surface area contributed by atoms with Gasteiger partial charge in [0.1, 0.15) is 36.1 Å². The first kappa shape index (κ1) is 37.3. The molecule has 0 bridgehead atoms. The molecule has 0 radical (unpaired) electrons. The minimum atomic E-state index is -0.611. The van der Waals surface area contributed by atoms with Crippen LogP contribution in [0.5, 0.6) is 11.6 Å². The number of amides is 4. The van der Waals surface area contributed by atoms with E-state index in [0.717, 1.165) is 69.7 Å². The molecule has 7 heterocycles. The Kier molecular flexibility index (Phi) is 9.26. The number of carbonyl (C=O) groups is 4. The number of fused-ring (bicyclic) bond motifs is 3. The van der Waals surface area contributed by atoms with Gasteiger partial charge in [0.2, 0.25) is 17.7 Å². The summed E-state index contributed by atoms with van der Waals surface area (Å²) in [4.78, 5) is 65.3. The van der Waals surface area contributed by atoms with Crippen LogP contribution >= 0.6 is 0 Å². The number of anilines is 3. The van der Waals surface area contributed by atoms with Crippen molar-refractivity contribution in [2.75, 3.05) is 68.5 Å². The minimum absolute atomic E-state index is 0.150. The fourth-order valence-electron chi connectivity index (χ4n) is 9.82. The van der Waals surface area contributed by atoms with Crippen LogP contribution in [0.4, 0.5) is 26.4 Å². The number of nitrogens with zero attached hydrogens (tertiary/aromatic N) is 5. The zero-order valence-corrected chi connectivity index (χ0v) is 32.7. The summed E-state index contributed by atoms with van der Waals surface area (Å²) in [5, 5.41) is 9.62. The normalized spacial score (nSPS) is 21.5. The molecule has 1 saturated carbocycles. The monoisotopic (exact) mass is 804 g/mol. The van der Waals surface area contributed by atoms with Gasteiger partial charge in [-0.25, -0.2) is 19.2 Å². The van der Waals surface area contributed by atoms with E-state index in [1.54, 1.807) is 17.0 Å². The van der Waals surface area contributed by atoms with Crippen LogP contribution in [0.2, 0.25) is 0 Å². The molecule has 4 amide bonds. The van der Waals surface area contributed by atoms with Gasteiger partial charge in [-0.2, -0.15) is 0 Å². The van der Waals surface area contributed by atoms with Crippen LogP contribution < -0.4 is 30.3 Å². The number of pyridine rings is 2. The highest BCUT2D eigenvalue weighted by atomic mass is 19.1. The predicted molar refractivity (Wildman–Crippen MR) is 215 cm³/mol. The summed E-state index contributed by atoms with van der Waals surface area (Å²) >= 11 is 0. The number of imide groups is 1. The maximum Gasteiger partial charge on any atom is 0.413 e. The molecular formula is C43H45FN8O7. The SMILES string of the molecule is COc1c(-c2cc3cc(NC(=O)OC4CC5(CCN(CC6CN(c7ccc8c(c7)CN(C7CCC(=O)NC7=O)C8=O)C6)CC5)C4)ncc3cc2F)cnc2c1NCCO2. The number of carbonyl (C=O) groups excluding carboxylic acids is 4. The molecule has 5 aliphatic heterocycles. The number of halogens is 1. The summed E-state index contributed by atoms with van der Waals surface area (Å²) in [6, 6.07) is 10.1. The van der Waals surface area contributed by atoms with Gasteiger partial charge in [0.15, 0.2) is 5.75 Å². The summed E-state index contributed by atoms with van der Waals surface area (Å²) in [5.74, 6) is 0.433. The van der Waals surface area contributed by atoms with E-state index < -0.39 is 23.9 Å². The van der Waals surface area contributed by atoms with Gasteiger partial charge in [-0.15, -0.1) is 0 Å². The lowest BCUT2D eigenvalue weighted by Crippen LogP contribution is -2.55.